The summed E-state index contributed by atoms with van der Waals surface area (Å²) < 4.78 is 0. The Bertz CT molecular complexity index is 569. The largest absolute Gasteiger partial charge is 0.357 e. The Morgan fingerprint density at radius 1 is 1.25 bits per heavy atom. The number of thiocarbonyl (C=S) groups is 1. The zero-order chi connectivity index (χ0) is 14.2. The van der Waals surface area contributed by atoms with E-state index in [1.165, 1.54) is 5.56 Å². The van der Waals surface area contributed by atoms with E-state index >= 15 is 0 Å². The maximum atomic E-state index is 5.27. The zero-order valence-electron chi connectivity index (χ0n) is 11.2. The van der Waals surface area contributed by atoms with Crippen molar-refractivity contribution < 1.29 is 0 Å². The average molecular weight is 284 g/mol. The molecule has 4 nitrogen and oxygen atoms in total. The molecule has 0 saturated heterocycles. The molecule has 0 radical (unpaired) electrons. The molecule has 5 heteroatoms. The Labute approximate surface area is 124 Å². The van der Waals surface area contributed by atoms with Crippen LogP contribution >= 0.6 is 12.2 Å². The highest BCUT2D eigenvalue weighted by atomic mass is 32.1. The molecule has 0 bridgehead atoms. The normalized spacial score (nSPS) is 10.4. The lowest BCUT2D eigenvalue weighted by Gasteiger charge is -2.15. The van der Waals surface area contributed by atoms with Gasteiger partial charge in [0.1, 0.15) is 0 Å². The molecule has 0 aliphatic rings. The van der Waals surface area contributed by atoms with Gasteiger partial charge in [-0.25, -0.2) is 5.01 Å². The van der Waals surface area contributed by atoms with Crippen LogP contribution in [0, 0.1) is 0 Å². The van der Waals surface area contributed by atoms with Crippen molar-refractivity contribution in [2.75, 3.05) is 7.05 Å². The van der Waals surface area contributed by atoms with Crippen molar-refractivity contribution in [1.82, 2.24) is 15.3 Å². The van der Waals surface area contributed by atoms with Crippen LogP contribution in [0.2, 0.25) is 0 Å². The van der Waals surface area contributed by atoms with E-state index in [0.29, 0.717) is 11.7 Å². The molecule has 20 heavy (non-hydrogen) atoms. The molecule has 1 aromatic carbocycles. The fraction of sp³-hybridized carbons (Fsp3) is 0.133. The SMILES string of the molecule is CN(/N=C\c1ccccn1)C(=S)NCc1ccccc1. The maximum absolute atomic E-state index is 5.27. The molecular weight excluding hydrogens is 268 g/mol. The molecule has 0 aliphatic heterocycles. The third-order valence-electron chi connectivity index (χ3n) is 2.63. The number of benzene rings is 1. The van der Waals surface area contributed by atoms with Crippen LogP contribution in [0.15, 0.2) is 59.8 Å². The molecule has 0 unspecified atom stereocenters. The van der Waals surface area contributed by atoms with Crippen molar-refractivity contribution in [2.24, 2.45) is 5.10 Å². The number of rotatable bonds is 4. The van der Waals surface area contributed by atoms with Gasteiger partial charge in [-0.05, 0) is 29.9 Å². The van der Waals surface area contributed by atoms with Crippen molar-refractivity contribution in [2.45, 2.75) is 6.54 Å². The second-order valence-electron chi connectivity index (χ2n) is 4.17. The highest BCUT2D eigenvalue weighted by Crippen LogP contribution is 1.98. The van der Waals surface area contributed by atoms with Crippen molar-refractivity contribution in [1.29, 1.82) is 0 Å². The van der Waals surface area contributed by atoms with E-state index in [1.807, 2.05) is 48.5 Å². The number of nitrogens with one attached hydrogen (secondary N) is 1. The fourth-order valence-electron chi connectivity index (χ4n) is 1.54. The smallest absolute Gasteiger partial charge is 0.189 e. The van der Waals surface area contributed by atoms with E-state index in [4.69, 9.17) is 12.2 Å². The van der Waals surface area contributed by atoms with Crippen molar-refractivity contribution in [3.8, 4) is 0 Å². The van der Waals surface area contributed by atoms with Gasteiger partial charge < -0.3 is 5.32 Å². The Hall–Kier alpha value is -2.27. The third-order valence-corrected chi connectivity index (χ3v) is 3.04. The molecule has 0 fully saturated rings. The van der Waals surface area contributed by atoms with Crippen LogP contribution < -0.4 is 5.32 Å². The predicted molar refractivity (Wildman–Crippen MR) is 85.5 cm³/mol. The van der Waals surface area contributed by atoms with Crippen LogP contribution in [0.5, 0.6) is 0 Å². The third kappa shape index (κ3) is 4.44. The van der Waals surface area contributed by atoms with Gasteiger partial charge in [-0.15, -0.1) is 0 Å². The first-order chi connectivity index (χ1) is 9.75. The molecule has 0 aliphatic carbocycles. The molecule has 1 heterocycles. The summed E-state index contributed by atoms with van der Waals surface area (Å²) >= 11 is 5.27. The van der Waals surface area contributed by atoms with Gasteiger partial charge in [0.25, 0.3) is 0 Å². The van der Waals surface area contributed by atoms with Crippen molar-refractivity contribution in [3.63, 3.8) is 0 Å². The summed E-state index contributed by atoms with van der Waals surface area (Å²) in [5.41, 5.74) is 1.97. The Kier molecular flexibility index (Phi) is 5.20. The minimum Gasteiger partial charge on any atom is -0.357 e. The molecule has 0 atom stereocenters. The zero-order valence-corrected chi connectivity index (χ0v) is 12.0. The van der Waals surface area contributed by atoms with Crippen molar-refractivity contribution in [3.05, 3.63) is 66.0 Å². The molecule has 1 N–H and O–H groups in total. The topological polar surface area (TPSA) is 40.5 Å². The Balaban J connectivity index is 1.85. The van der Waals surface area contributed by atoms with E-state index in [2.05, 4.69) is 15.4 Å². The summed E-state index contributed by atoms with van der Waals surface area (Å²) in [7, 11) is 1.81. The van der Waals surface area contributed by atoms with E-state index in [1.54, 1.807) is 24.5 Å². The minimum absolute atomic E-state index is 0.570. The van der Waals surface area contributed by atoms with Gasteiger partial charge in [0.2, 0.25) is 0 Å². The summed E-state index contributed by atoms with van der Waals surface area (Å²) in [6.07, 6.45) is 3.41. The van der Waals surface area contributed by atoms with Gasteiger partial charge in [0.05, 0.1) is 11.9 Å². The molecule has 1 aromatic heterocycles. The molecule has 0 saturated carbocycles. The Morgan fingerprint density at radius 2 is 2.00 bits per heavy atom. The summed E-state index contributed by atoms with van der Waals surface area (Å²) in [6, 6.07) is 15.8. The lowest BCUT2D eigenvalue weighted by atomic mass is 10.2. The summed E-state index contributed by atoms with van der Waals surface area (Å²) in [5, 5.41) is 9.60. The van der Waals surface area contributed by atoms with E-state index in [0.717, 1.165) is 5.69 Å². The van der Waals surface area contributed by atoms with Crippen LogP contribution in [0.4, 0.5) is 0 Å². The molecule has 2 rings (SSSR count). The summed E-state index contributed by atoms with van der Waals surface area (Å²) in [6.45, 7) is 0.684. The first kappa shape index (κ1) is 14.1. The molecular formula is C15H16N4S. The lowest BCUT2D eigenvalue weighted by Crippen LogP contribution is -2.33. The standard InChI is InChI=1S/C15H16N4S/c1-19(18-12-14-9-5-6-10-16-14)15(20)17-11-13-7-3-2-4-8-13/h2-10,12H,11H2,1H3,(H,17,20)/b18-12-. The highest BCUT2D eigenvalue weighted by molar-refractivity contribution is 7.80. The number of hydrogen-bond acceptors (Lipinski definition) is 3. The number of aromatic nitrogens is 1. The molecule has 0 spiro atoms. The number of nitrogens with zero attached hydrogens (tertiary/aromatic N) is 3. The van der Waals surface area contributed by atoms with Crippen molar-refractivity contribution >= 4 is 23.5 Å². The summed E-state index contributed by atoms with van der Waals surface area (Å²) in [4.78, 5) is 4.16. The highest BCUT2D eigenvalue weighted by Gasteiger charge is 2.01. The van der Waals surface area contributed by atoms with Crippen LogP contribution in [0.25, 0.3) is 0 Å². The van der Waals surface area contributed by atoms with E-state index in [-0.39, 0.29) is 0 Å². The number of pyridine rings is 1. The number of hydrazone groups is 1. The van der Waals surface area contributed by atoms with Crippen LogP contribution in [-0.2, 0) is 6.54 Å². The van der Waals surface area contributed by atoms with Crippen LogP contribution in [0.3, 0.4) is 0 Å². The molecule has 102 valence electrons. The predicted octanol–water partition coefficient (Wildman–Crippen LogP) is 2.42. The Morgan fingerprint density at radius 3 is 2.70 bits per heavy atom. The van der Waals surface area contributed by atoms with E-state index in [9.17, 15) is 0 Å². The van der Waals surface area contributed by atoms with Gasteiger partial charge >= 0.3 is 0 Å². The minimum atomic E-state index is 0.570. The lowest BCUT2D eigenvalue weighted by molar-refractivity contribution is 0.532. The second kappa shape index (κ2) is 7.35. The fourth-order valence-corrected chi connectivity index (χ4v) is 1.66. The summed E-state index contributed by atoms with van der Waals surface area (Å²) in [5.74, 6) is 0. The quantitative estimate of drug-likeness (QED) is 0.532. The van der Waals surface area contributed by atoms with Gasteiger partial charge in [-0.1, -0.05) is 36.4 Å². The maximum Gasteiger partial charge on any atom is 0.189 e. The van der Waals surface area contributed by atoms with Crippen LogP contribution in [-0.4, -0.2) is 28.4 Å². The van der Waals surface area contributed by atoms with E-state index < -0.39 is 0 Å². The monoisotopic (exact) mass is 284 g/mol. The first-order valence-corrected chi connectivity index (χ1v) is 6.67. The van der Waals surface area contributed by atoms with Crippen LogP contribution in [0.1, 0.15) is 11.3 Å². The first-order valence-electron chi connectivity index (χ1n) is 6.26. The van der Waals surface area contributed by atoms with Gasteiger partial charge in [-0.3, -0.25) is 4.98 Å². The van der Waals surface area contributed by atoms with Gasteiger partial charge in [0, 0.05) is 19.8 Å². The average Bonchev–Trinajstić information content (AvgIpc) is 2.52. The number of hydrogen-bond donors (Lipinski definition) is 1. The van der Waals surface area contributed by atoms with Gasteiger partial charge in [0.15, 0.2) is 5.11 Å². The molecule has 0 amide bonds. The second-order valence-corrected chi connectivity index (χ2v) is 4.55. The molecule has 2 aromatic rings. The van der Waals surface area contributed by atoms with Gasteiger partial charge in [-0.2, -0.15) is 5.10 Å².